The minimum Gasteiger partial charge on any atom is -0.328 e. The number of carbonyl (C=O) groups is 2. The zero-order valence-electron chi connectivity index (χ0n) is 9.07. The summed E-state index contributed by atoms with van der Waals surface area (Å²) in [5, 5.41) is 0. The molecule has 1 heterocycles. The molecule has 0 radical (unpaired) electrons. The van der Waals surface area contributed by atoms with Crippen LogP contribution in [0.3, 0.4) is 0 Å². The fraction of sp³-hybridized carbons (Fsp3) is 0.273. The molecule has 0 atom stereocenters. The van der Waals surface area contributed by atoms with Crippen molar-refractivity contribution in [1.82, 2.24) is 4.81 Å². The maximum absolute atomic E-state index is 11.7. The van der Waals surface area contributed by atoms with Gasteiger partial charge in [-0.3, -0.25) is 9.59 Å². The quantitative estimate of drug-likeness (QED) is 0.501. The maximum atomic E-state index is 11.7. The fourth-order valence-electron chi connectivity index (χ4n) is 1.74. The van der Waals surface area contributed by atoms with E-state index in [-0.39, 0.29) is 11.8 Å². The molecule has 2 rings (SSSR count). The monoisotopic (exact) mass is 201 g/mol. The van der Waals surface area contributed by atoms with Crippen molar-refractivity contribution in [2.45, 2.75) is 19.8 Å². The Hall–Kier alpha value is -1.58. The molecule has 2 amide bonds. The van der Waals surface area contributed by atoms with Crippen molar-refractivity contribution in [2.24, 2.45) is 0 Å². The van der Waals surface area contributed by atoms with Crippen molar-refractivity contribution < 1.29 is 9.59 Å². The van der Waals surface area contributed by atoms with Gasteiger partial charge in [-0.1, -0.05) is 19.9 Å². The summed E-state index contributed by atoms with van der Waals surface area (Å²) in [7, 11) is 1.51. The van der Waals surface area contributed by atoms with Crippen molar-refractivity contribution >= 4 is 19.8 Å². The van der Waals surface area contributed by atoms with E-state index in [1.54, 1.807) is 6.07 Å². The van der Waals surface area contributed by atoms with Gasteiger partial charge in [0.1, 0.15) is 0 Å². The van der Waals surface area contributed by atoms with Gasteiger partial charge >= 0.3 is 0 Å². The minimum atomic E-state index is -0.203. The molecular weight excluding hydrogens is 189 g/mol. The average Bonchev–Trinajstić information content (AvgIpc) is 2.44. The van der Waals surface area contributed by atoms with Crippen LogP contribution in [0.15, 0.2) is 18.2 Å². The first-order valence-corrected chi connectivity index (χ1v) is 4.98. The summed E-state index contributed by atoms with van der Waals surface area (Å²) in [4.78, 5) is 24.4. The first-order chi connectivity index (χ1) is 7.02. The van der Waals surface area contributed by atoms with Gasteiger partial charge in [0.05, 0.1) is 11.1 Å². The summed E-state index contributed by atoms with van der Waals surface area (Å²) in [5.41, 5.74) is 2.14. The Labute approximate surface area is 89.5 Å². The van der Waals surface area contributed by atoms with Crippen LogP contribution in [0.2, 0.25) is 0 Å². The molecule has 0 bridgehead atoms. The summed E-state index contributed by atoms with van der Waals surface area (Å²) in [6, 6.07) is 5.48. The molecule has 4 heteroatoms. The third-order valence-corrected chi connectivity index (χ3v) is 2.78. The molecule has 0 saturated carbocycles. The lowest BCUT2D eigenvalue weighted by atomic mass is 9.98. The molecular formula is C11H12BNO2. The second-order valence-electron chi connectivity index (χ2n) is 4.13. The van der Waals surface area contributed by atoms with Crippen molar-refractivity contribution in [3.8, 4) is 0 Å². The van der Waals surface area contributed by atoms with E-state index in [1.807, 2.05) is 12.1 Å². The number of imide groups is 1. The lowest BCUT2D eigenvalue weighted by Gasteiger charge is -2.05. The van der Waals surface area contributed by atoms with Gasteiger partial charge in [0.2, 0.25) is 19.8 Å². The number of hydrogen-bond donors (Lipinski definition) is 0. The van der Waals surface area contributed by atoms with Gasteiger partial charge in [-0.2, -0.15) is 0 Å². The Bertz CT molecular complexity index is 454. The van der Waals surface area contributed by atoms with E-state index >= 15 is 0 Å². The number of benzene rings is 1. The van der Waals surface area contributed by atoms with Crippen LogP contribution in [0.4, 0.5) is 0 Å². The molecule has 1 aliphatic rings. The third kappa shape index (κ3) is 1.37. The molecule has 3 nitrogen and oxygen atoms in total. The van der Waals surface area contributed by atoms with E-state index in [2.05, 4.69) is 13.8 Å². The SMILES string of the molecule is BN1C(=O)c2ccc(C(C)C)cc2C1=O. The number of amides is 2. The van der Waals surface area contributed by atoms with Crippen LogP contribution in [-0.4, -0.2) is 24.6 Å². The molecule has 15 heavy (non-hydrogen) atoms. The van der Waals surface area contributed by atoms with E-state index in [9.17, 15) is 9.59 Å². The number of fused-ring (bicyclic) bond motifs is 1. The van der Waals surface area contributed by atoms with Crippen molar-refractivity contribution in [3.63, 3.8) is 0 Å². The summed E-state index contributed by atoms with van der Waals surface area (Å²) in [6.07, 6.45) is 0. The minimum absolute atomic E-state index is 0.197. The van der Waals surface area contributed by atoms with Crippen LogP contribution in [0.1, 0.15) is 46.0 Å². The predicted octanol–water partition coefficient (Wildman–Crippen LogP) is 0.954. The summed E-state index contributed by atoms with van der Waals surface area (Å²) >= 11 is 0. The van der Waals surface area contributed by atoms with Crippen LogP contribution in [-0.2, 0) is 0 Å². The highest BCUT2D eigenvalue weighted by atomic mass is 16.2. The van der Waals surface area contributed by atoms with E-state index < -0.39 is 0 Å². The first-order valence-electron chi connectivity index (χ1n) is 4.98. The van der Waals surface area contributed by atoms with Gasteiger partial charge in [-0.15, -0.1) is 0 Å². The van der Waals surface area contributed by atoms with Gasteiger partial charge in [0.15, 0.2) is 0 Å². The molecule has 1 aromatic carbocycles. The van der Waals surface area contributed by atoms with Crippen molar-refractivity contribution in [1.29, 1.82) is 0 Å². The highest BCUT2D eigenvalue weighted by Crippen LogP contribution is 2.25. The Morgan fingerprint density at radius 3 is 2.33 bits per heavy atom. The first kappa shape index (κ1) is 9.96. The Kier molecular flexibility index (Phi) is 2.14. The molecule has 0 saturated heterocycles. The zero-order valence-corrected chi connectivity index (χ0v) is 9.07. The fourth-order valence-corrected chi connectivity index (χ4v) is 1.74. The normalized spacial score (nSPS) is 15.0. The summed E-state index contributed by atoms with van der Waals surface area (Å²) < 4.78 is 0. The van der Waals surface area contributed by atoms with Gasteiger partial charge in [-0.05, 0) is 23.6 Å². The van der Waals surface area contributed by atoms with Crippen LogP contribution in [0.5, 0.6) is 0 Å². The van der Waals surface area contributed by atoms with E-state index in [0.717, 1.165) is 10.4 Å². The molecule has 0 spiro atoms. The van der Waals surface area contributed by atoms with Crippen LogP contribution in [0.25, 0.3) is 0 Å². The molecule has 0 fully saturated rings. The van der Waals surface area contributed by atoms with E-state index in [1.165, 1.54) is 7.98 Å². The lowest BCUT2D eigenvalue weighted by Crippen LogP contribution is -2.26. The third-order valence-electron chi connectivity index (χ3n) is 2.78. The Balaban J connectivity index is 2.57. The lowest BCUT2D eigenvalue weighted by molar-refractivity contribution is 0.0766. The molecule has 0 unspecified atom stereocenters. The summed E-state index contributed by atoms with van der Waals surface area (Å²) in [5.74, 6) is -0.0353. The van der Waals surface area contributed by atoms with Gasteiger partial charge in [0.25, 0.3) is 0 Å². The van der Waals surface area contributed by atoms with E-state index in [0.29, 0.717) is 17.0 Å². The standard InChI is InChI=1S/C11H12BNO2/c1-6(2)7-3-4-8-9(5-7)11(15)13(12)10(8)14/h3-6H,12H2,1-2H3. The smallest absolute Gasteiger partial charge is 0.248 e. The molecule has 76 valence electrons. The number of carbonyl (C=O) groups excluding carboxylic acids is 2. The molecule has 0 aliphatic carbocycles. The highest BCUT2D eigenvalue weighted by Gasteiger charge is 2.32. The molecule has 0 N–H and O–H groups in total. The number of hydrogen-bond acceptors (Lipinski definition) is 2. The Morgan fingerprint density at radius 1 is 1.13 bits per heavy atom. The van der Waals surface area contributed by atoms with Crippen molar-refractivity contribution in [2.75, 3.05) is 0 Å². The van der Waals surface area contributed by atoms with Crippen molar-refractivity contribution in [3.05, 3.63) is 34.9 Å². The predicted molar refractivity (Wildman–Crippen MR) is 59.6 cm³/mol. The van der Waals surface area contributed by atoms with Crippen LogP contribution in [0, 0.1) is 0 Å². The average molecular weight is 201 g/mol. The largest absolute Gasteiger partial charge is 0.328 e. The van der Waals surface area contributed by atoms with E-state index in [4.69, 9.17) is 0 Å². The van der Waals surface area contributed by atoms with Gasteiger partial charge in [-0.25, -0.2) is 0 Å². The Morgan fingerprint density at radius 2 is 1.73 bits per heavy atom. The number of nitrogens with zero attached hydrogens (tertiary/aromatic N) is 1. The van der Waals surface area contributed by atoms with Crippen LogP contribution >= 0.6 is 0 Å². The molecule has 1 aliphatic heterocycles. The van der Waals surface area contributed by atoms with Gasteiger partial charge in [0, 0.05) is 0 Å². The zero-order chi connectivity index (χ0) is 11.2. The van der Waals surface area contributed by atoms with Gasteiger partial charge < -0.3 is 4.81 Å². The second kappa shape index (κ2) is 3.23. The summed E-state index contributed by atoms with van der Waals surface area (Å²) in [6.45, 7) is 4.12. The number of rotatable bonds is 1. The second-order valence-corrected chi connectivity index (χ2v) is 4.13. The maximum Gasteiger partial charge on any atom is 0.248 e. The van der Waals surface area contributed by atoms with Crippen LogP contribution < -0.4 is 0 Å². The molecule has 0 aromatic heterocycles. The molecule has 1 aromatic rings. The topological polar surface area (TPSA) is 37.4 Å². The highest BCUT2D eigenvalue weighted by molar-refractivity contribution is 6.36.